The Labute approximate surface area is 113 Å². The van der Waals surface area contributed by atoms with Gasteiger partial charge in [-0.1, -0.05) is 42.5 Å². The van der Waals surface area contributed by atoms with Crippen LogP contribution in [0.4, 0.5) is 0 Å². The normalized spacial score (nSPS) is 13.5. The lowest BCUT2D eigenvalue weighted by Crippen LogP contribution is -2.23. The summed E-state index contributed by atoms with van der Waals surface area (Å²) in [7, 11) is 0. The number of nitrogens with zero attached hydrogens (tertiary/aromatic N) is 1. The zero-order chi connectivity index (χ0) is 13.7. The summed E-state index contributed by atoms with van der Waals surface area (Å²) >= 11 is 0. The van der Waals surface area contributed by atoms with E-state index in [1.165, 1.54) is 0 Å². The fraction of sp³-hybridized carbons (Fsp3) is 0.188. The van der Waals surface area contributed by atoms with Gasteiger partial charge in [0.1, 0.15) is 11.8 Å². The van der Waals surface area contributed by atoms with Crippen LogP contribution >= 0.6 is 0 Å². The zero-order valence-electron chi connectivity index (χ0n) is 10.7. The molecule has 0 aliphatic rings. The lowest BCUT2D eigenvalue weighted by Gasteiger charge is -2.18. The van der Waals surface area contributed by atoms with Gasteiger partial charge in [-0.3, -0.25) is 5.32 Å². The van der Waals surface area contributed by atoms with Crippen LogP contribution in [-0.4, -0.2) is 5.11 Å². The van der Waals surface area contributed by atoms with Crippen LogP contribution in [0.3, 0.4) is 0 Å². The highest BCUT2D eigenvalue weighted by molar-refractivity contribution is 5.31. The van der Waals surface area contributed by atoms with Crippen LogP contribution in [0.5, 0.6) is 5.75 Å². The van der Waals surface area contributed by atoms with Gasteiger partial charge in [0, 0.05) is 6.04 Å². The Bertz CT molecular complexity index is 558. The molecular formula is C16H16N2O. The first kappa shape index (κ1) is 13.1. The van der Waals surface area contributed by atoms with Gasteiger partial charge in [-0.15, -0.1) is 0 Å². The monoisotopic (exact) mass is 252 g/mol. The molecule has 0 spiro atoms. The first-order valence-corrected chi connectivity index (χ1v) is 6.20. The molecule has 0 heterocycles. The third kappa shape index (κ3) is 3.34. The molecule has 2 atom stereocenters. The highest BCUT2D eigenvalue weighted by Gasteiger charge is 2.14. The summed E-state index contributed by atoms with van der Waals surface area (Å²) in [5.74, 6) is 0.205. The van der Waals surface area contributed by atoms with Crippen molar-refractivity contribution < 1.29 is 5.11 Å². The fourth-order valence-electron chi connectivity index (χ4n) is 1.96. The molecule has 0 aliphatic heterocycles. The van der Waals surface area contributed by atoms with Crippen LogP contribution in [0.1, 0.15) is 30.1 Å². The maximum absolute atomic E-state index is 9.27. The van der Waals surface area contributed by atoms with Crippen LogP contribution in [-0.2, 0) is 0 Å². The lowest BCUT2D eigenvalue weighted by molar-refractivity contribution is 0.474. The Morgan fingerprint density at radius 3 is 2.21 bits per heavy atom. The third-order valence-electron chi connectivity index (χ3n) is 3.07. The van der Waals surface area contributed by atoms with Crippen molar-refractivity contribution in [3.63, 3.8) is 0 Å². The maximum Gasteiger partial charge on any atom is 0.121 e. The number of hydrogen-bond donors (Lipinski definition) is 2. The van der Waals surface area contributed by atoms with E-state index < -0.39 is 6.04 Å². The van der Waals surface area contributed by atoms with Gasteiger partial charge >= 0.3 is 0 Å². The fourth-order valence-corrected chi connectivity index (χ4v) is 1.96. The standard InChI is InChI=1S/C16H16N2O/c1-12(13-5-3-2-4-6-13)18-16(11-17)14-7-9-15(19)10-8-14/h2-10,12,16,18-19H,1H3. The van der Waals surface area contributed by atoms with E-state index in [0.29, 0.717) is 0 Å². The minimum absolute atomic E-state index is 0.0830. The zero-order valence-corrected chi connectivity index (χ0v) is 10.7. The van der Waals surface area contributed by atoms with Crippen LogP contribution < -0.4 is 5.32 Å². The second kappa shape index (κ2) is 6.03. The van der Waals surface area contributed by atoms with E-state index in [1.807, 2.05) is 37.3 Å². The Kier molecular flexibility index (Phi) is 4.17. The third-order valence-corrected chi connectivity index (χ3v) is 3.07. The summed E-state index contributed by atoms with van der Waals surface area (Å²) in [4.78, 5) is 0. The second-order valence-electron chi connectivity index (χ2n) is 4.45. The van der Waals surface area contributed by atoms with Gasteiger partial charge in [-0.2, -0.15) is 5.26 Å². The molecule has 0 bridgehead atoms. The first-order chi connectivity index (χ1) is 9.20. The van der Waals surface area contributed by atoms with Gasteiger partial charge in [0.25, 0.3) is 0 Å². The quantitative estimate of drug-likeness (QED) is 0.877. The van der Waals surface area contributed by atoms with E-state index in [2.05, 4.69) is 11.4 Å². The topological polar surface area (TPSA) is 56.0 Å². The minimum atomic E-state index is -0.393. The smallest absolute Gasteiger partial charge is 0.121 e. The van der Waals surface area contributed by atoms with Crippen LogP contribution in [0.25, 0.3) is 0 Å². The van der Waals surface area contributed by atoms with Crippen LogP contribution in [0.15, 0.2) is 54.6 Å². The number of hydrogen-bond acceptors (Lipinski definition) is 3. The summed E-state index contributed by atoms with van der Waals surface area (Å²) in [6.45, 7) is 2.03. The first-order valence-electron chi connectivity index (χ1n) is 6.20. The van der Waals surface area contributed by atoms with E-state index in [-0.39, 0.29) is 11.8 Å². The van der Waals surface area contributed by atoms with Crippen molar-refractivity contribution in [3.8, 4) is 11.8 Å². The number of aromatic hydroxyl groups is 1. The van der Waals surface area contributed by atoms with Gasteiger partial charge < -0.3 is 5.11 Å². The van der Waals surface area contributed by atoms with Gasteiger partial charge in [0.05, 0.1) is 6.07 Å². The van der Waals surface area contributed by atoms with Crippen molar-refractivity contribution in [3.05, 3.63) is 65.7 Å². The molecule has 3 nitrogen and oxygen atoms in total. The molecule has 0 amide bonds. The van der Waals surface area contributed by atoms with Crippen molar-refractivity contribution in [2.75, 3.05) is 0 Å². The summed E-state index contributed by atoms with van der Waals surface area (Å²) < 4.78 is 0. The molecule has 0 radical (unpaired) electrons. The summed E-state index contributed by atoms with van der Waals surface area (Å²) in [6, 6.07) is 18.6. The van der Waals surface area contributed by atoms with E-state index in [4.69, 9.17) is 0 Å². The average Bonchev–Trinajstić information content (AvgIpc) is 2.46. The van der Waals surface area contributed by atoms with Gasteiger partial charge in [0.2, 0.25) is 0 Å². The minimum Gasteiger partial charge on any atom is -0.508 e. The van der Waals surface area contributed by atoms with E-state index in [1.54, 1.807) is 24.3 Å². The SMILES string of the molecule is CC(NC(C#N)c1ccc(O)cc1)c1ccccc1. The number of nitriles is 1. The molecule has 0 saturated heterocycles. The average molecular weight is 252 g/mol. The van der Waals surface area contributed by atoms with Crippen molar-refractivity contribution in [1.29, 1.82) is 5.26 Å². The summed E-state index contributed by atoms with van der Waals surface area (Å²) in [6.07, 6.45) is 0. The Balaban J connectivity index is 2.12. The van der Waals surface area contributed by atoms with Gasteiger partial charge in [-0.25, -0.2) is 0 Å². The number of phenols is 1. The molecule has 19 heavy (non-hydrogen) atoms. The highest BCUT2D eigenvalue weighted by atomic mass is 16.3. The Morgan fingerprint density at radius 2 is 1.63 bits per heavy atom. The molecular weight excluding hydrogens is 236 g/mol. The van der Waals surface area contributed by atoms with Crippen molar-refractivity contribution >= 4 is 0 Å². The van der Waals surface area contributed by atoms with Crippen molar-refractivity contribution in [2.24, 2.45) is 0 Å². The Morgan fingerprint density at radius 1 is 1.00 bits per heavy atom. The molecule has 96 valence electrons. The van der Waals surface area contributed by atoms with Crippen molar-refractivity contribution in [2.45, 2.75) is 19.0 Å². The summed E-state index contributed by atoms with van der Waals surface area (Å²) in [5.41, 5.74) is 1.99. The molecule has 0 fully saturated rings. The molecule has 0 aromatic heterocycles. The molecule has 2 aromatic carbocycles. The molecule has 2 unspecified atom stereocenters. The second-order valence-corrected chi connectivity index (χ2v) is 4.45. The number of phenolic OH excluding ortho intramolecular Hbond substituents is 1. The van der Waals surface area contributed by atoms with Gasteiger partial charge in [0.15, 0.2) is 0 Å². The molecule has 2 N–H and O–H groups in total. The molecule has 0 saturated carbocycles. The molecule has 2 rings (SSSR count). The van der Waals surface area contributed by atoms with E-state index >= 15 is 0 Å². The molecule has 2 aromatic rings. The molecule has 0 aliphatic carbocycles. The lowest BCUT2D eigenvalue weighted by atomic mass is 10.0. The predicted molar refractivity (Wildman–Crippen MR) is 74.5 cm³/mol. The summed E-state index contributed by atoms with van der Waals surface area (Å²) in [5, 5.41) is 21.8. The van der Waals surface area contributed by atoms with E-state index in [9.17, 15) is 10.4 Å². The Hall–Kier alpha value is -2.31. The molecule has 3 heteroatoms. The number of benzene rings is 2. The predicted octanol–water partition coefficient (Wildman–Crippen LogP) is 3.31. The van der Waals surface area contributed by atoms with Crippen LogP contribution in [0.2, 0.25) is 0 Å². The number of nitrogens with one attached hydrogen (secondary N) is 1. The van der Waals surface area contributed by atoms with Gasteiger partial charge in [-0.05, 0) is 30.2 Å². The number of rotatable bonds is 4. The highest BCUT2D eigenvalue weighted by Crippen LogP contribution is 2.20. The van der Waals surface area contributed by atoms with E-state index in [0.717, 1.165) is 11.1 Å². The van der Waals surface area contributed by atoms with Crippen LogP contribution in [0, 0.1) is 11.3 Å². The maximum atomic E-state index is 9.27. The van der Waals surface area contributed by atoms with Crippen molar-refractivity contribution in [1.82, 2.24) is 5.32 Å². The largest absolute Gasteiger partial charge is 0.508 e.